The predicted octanol–water partition coefficient (Wildman–Crippen LogP) is 0.267. The van der Waals surface area contributed by atoms with Crippen molar-refractivity contribution in [2.24, 2.45) is 0 Å². The minimum Gasteiger partial charge on any atom is -0.550 e. The molecule has 0 bridgehead atoms. The van der Waals surface area contributed by atoms with Crippen LogP contribution in [0.1, 0.15) is 11.1 Å². The summed E-state index contributed by atoms with van der Waals surface area (Å²) in [6.07, 6.45) is -0.295. The minimum atomic E-state index is -1.13. The average molecular weight is 595 g/mol. The summed E-state index contributed by atoms with van der Waals surface area (Å²) in [6.45, 7) is 0. The quantitative estimate of drug-likeness (QED) is 0.386. The number of nitrogens with two attached hydrogens (primary N) is 2. The Labute approximate surface area is 202 Å². The molecule has 0 unspecified atom stereocenters. The standard InChI is InChI=1S/2C8H8BrNO2.Ba/c2*9-6-1-2-7(10)5(3-6)4-8(11)12;/h2*1-3H,4,10H2,(H,11,12);/q;;+2/p-2. The van der Waals surface area contributed by atoms with Crippen LogP contribution in [-0.4, -0.2) is 60.8 Å². The number of benzene rings is 2. The average Bonchev–Trinajstić information content (AvgIpc) is 2.46. The van der Waals surface area contributed by atoms with E-state index in [-0.39, 0.29) is 61.7 Å². The van der Waals surface area contributed by atoms with Gasteiger partial charge in [-0.15, -0.1) is 0 Å². The fourth-order valence-electron chi connectivity index (χ4n) is 1.77. The molecule has 0 heterocycles. The molecule has 2 aromatic carbocycles. The van der Waals surface area contributed by atoms with Crippen LogP contribution >= 0.6 is 31.9 Å². The monoisotopic (exact) mass is 594 g/mol. The van der Waals surface area contributed by atoms with E-state index in [1.54, 1.807) is 36.4 Å². The van der Waals surface area contributed by atoms with Gasteiger partial charge in [0.2, 0.25) is 0 Å². The summed E-state index contributed by atoms with van der Waals surface area (Å²) in [5.74, 6) is -2.25. The number of carbonyl (C=O) groups excluding carboxylic acids is 2. The Bertz CT molecular complexity index is 693. The molecule has 25 heavy (non-hydrogen) atoms. The molecule has 0 aliphatic heterocycles. The van der Waals surface area contributed by atoms with Crippen molar-refractivity contribution in [1.29, 1.82) is 0 Å². The number of rotatable bonds is 4. The van der Waals surface area contributed by atoms with Crippen LogP contribution in [0.2, 0.25) is 0 Å². The zero-order valence-corrected chi connectivity index (χ0v) is 20.7. The zero-order valence-electron chi connectivity index (χ0n) is 13.1. The largest absolute Gasteiger partial charge is 2.00 e. The fourth-order valence-corrected chi connectivity index (χ4v) is 2.58. The van der Waals surface area contributed by atoms with Gasteiger partial charge in [0.1, 0.15) is 0 Å². The summed E-state index contributed by atoms with van der Waals surface area (Å²) in [4.78, 5) is 20.5. The van der Waals surface area contributed by atoms with Crippen LogP contribution in [0.25, 0.3) is 0 Å². The summed E-state index contributed by atoms with van der Waals surface area (Å²) in [6, 6.07) is 10.2. The number of nitrogen functional groups attached to an aromatic ring is 2. The smallest absolute Gasteiger partial charge is 0.550 e. The van der Waals surface area contributed by atoms with Crippen LogP contribution in [-0.2, 0) is 22.4 Å². The molecule has 4 N–H and O–H groups in total. The van der Waals surface area contributed by atoms with E-state index in [1.807, 2.05) is 0 Å². The van der Waals surface area contributed by atoms with Crippen molar-refractivity contribution in [3.8, 4) is 0 Å². The molecule has 0 radical (unpaired) electrons. The van der Waals surface area contributed by atoms with Crippen molar-refractivity contribution >= 4 is 104 Å². The molecule has 0 aliphatic carbocycles. The van der Waals surface area contributed by atoms with E-state index >= 15 is 0 Å². The van der Waals surface area contributed by atoms with Crippen molar-refractivity contribution in [2.45, 2.75) is 12.8 Å². The van der Waals surface area contributed by atoms with Gasteiger partial charge in [0.25, 0.3) is 0 Å². The van der Waals surface area contributed by atoms with E-state index in [0.29, 0.717) is 22.5 Å². The van der Waals surface area contributed by atoms with Gasteiger partial charge in [0.15, 0.2) is 0 Å². The van der Waals surface area contributed by atoms with Crippen LogP contribution in [0, 0.1) is 0 Å². The number of carbonyl (C=O) groups is 2. The molecule has 128 valence electrons. The Balaban J connectivity index is 0.000000443. The van der Waals surface area contributed by atoms with Crippen LogP contribution in [0.5, 0.6) is 0 Å². The number of halogens is 2. The topological polar surface area (TPSA) is 132 Å². The molecule has 0 saturated heterocycles. The van der Waals surface area contributed by atoms with Gasteiger partial charge in [-0.2, -0.15) is 0 Å². The maximum atomic E-state index is 10.3. The first kappa shape index (κ1) is 24.5. The molecule has 6 nitrogen and oxygen atoms in total. The third-order valence-electron chi connectivity index (χ3n) is 2.88. The second-order valence-electron chi connectivity index (χ2n) is 4.78. The van der Waals surface area contributed by atoms with Gasteiger partial charge in [-0.1, -0.05) is 31.9 Å². The van der Waals surface area contributed by atoms with Gasteiger partial charge in [-0.3, -0.25) is 0 Å². The van der Waals surface area contributed by atoms with Gasteiger partial charge < -0.3 is 31.3 Å². The first-order valence-corrected chi connectivity index (χ1v) is 8.25. The summed E-state index contributed by atoms with van der Waals surface area (Å²) in [5, 5.41) is 20.5. The van der Waals surface area contributed by atoms with Crippen LogP contribution in [0.3, 0.4) is 0 Å². The maximum absolute atomic E-state index is 10.3. The van der Waals surface area contributed by atoms with Crippen molar-refractivity contribution < 1.29 is 19.8 Å². The molecule has 0 aromatic heterocycles. The van der Waals surface area contributed by atoms with Gasteiger partial charge >= 0.3 is 48.9 Å². The summed E-state index contributed by atoms with van der Waals surface area (Å²) >= 11 is 6.43. The molecule has 0 saturated carbocycles. The van der Waals surface area contributed by atoms with Gasteiger partial charge in [0, 0.05) is 45.1 Å². The zero-order chi connectivity index (χ0) is 18.3. The van der Waals surface area contributed by atoms with E-state index < -0.39 is 11.9 Å². The third kappa shape index (κ3) is 9.69. The summed E-state index contributed by atoms with van der Waals surface area (Å²) < 4.78 is 1.63. The number of hydrogen-bond donors (Lipinski definition) is 2. The Morgan fingerprint density at radius 3 is 1.40 bits per heavy atom. The van der Waals surface area contributed by atoms with Gasteiger partial charge in [-0.25, -0.2) is 0 Å². The van der Waals surface area contributed by atoms with Crippen LogP contribution in [0.15, 0.2) is 45.3 Å². The molecule has 0 amide bonds. The van der Waals surface area contributed by atoms with Crippen LogP contribution < -0.4 is 21.7 Å². The Morgan fingerprint density at radius 1 is 0.800 bits per heavy atom. The Hall–Kier alpha value is -0.489. The van der Waals surface area contributed by atoms with Crippen molar-refractivity contribution in [1.82, 2.24) is 0 Å². The van der Waals surface area contributed by atoms with E-state index in [0.717, 1.165) is 8.95 Å². The fraction of sp³-hybridized carbons (Fsp3) is 0.125. The van der Waals surface area contributed by atoms with E-state index in [4.69, 9.17) is 11.5 Å². The first-order valence-electron chi connectivity index (χ1n) is 6.66. The van der Waals surface area contributed by atoms with Gasteiger partial charge in [-0.05, 0) is 47.5 Å². The van der Waals surface area contributed by atoms with E-state index in [9.17, 15) is 19.8 Å². The number of aliphatic carboxylic acids is 2. The number of carboxylic acid groups (broad SMARTS) is 2. The van der Waals surface area contributed by atoms with Crippen molar-refractivity contribution in [3.05, 3.63) is 56.5 Å². The van der Waals surface area contributed by atoms with E-state index in [2.05, 4.69) is 31.9 Å². The molecule has 0 aliphatic rings. The van der Waals surface area contributed by atoms with Crippen molar-refractivity contribution in [3.63, 3.8) is 0 Å². The molecule has 9 heteroatoms. The van der Waals surface area contributed by atoms with Gasteiger partial charge in [0.05, 0.1) is 0 Å². The van der Waals surface area contributed by atoms with Crippen molar-refractivity contribution in [2.75, 3.05) is 11.5 Å². The molecule has 0 atom stereocenters. The number of anilines is 2. The molecular formula is C16H14BaBr2N2O4. The summed E-state index contributed by atoms with van der Waals surface area (Å²) in [5.41, 5.74) is 13.1. The SMILES string of the molecule is Nc1ccc(Br)cc1CC(=O)[O-].Nc1ccc(Br)cc1CC(=O)[O-].[Ba+2]. The van der Waals surface area contributed by atoms with Crippen LogP contribution in [0.4, 0.5) is 11.4 Å². The molecular weight excluding hydrogens is 581 g/mol. The number of carboxylic acids is 2. The Morgan fingerprint density at radius 2 is 1.12 bits per heavy atom. The second-order valence-corrected chi connectivity index (χ2v) is 6.62. The molecule has 0 spiro atoms. The molecule has 2 rings (SSSR count). The van der Waals surface area contributed by atoms with E-state index in [1.165, 1.54) is 0 Å². The number of hydrogen-bond acceptors (Lipinski definition) is 6. The predicted molar refractivity (Wildman–Crippen MR) is 100 cm³/mol. The maximum Gasteiger partial charge on any atom is 2.00 e. The summed E-state index contributed by atoms with van der Waals surface area (Å²) in [7, 11) is 0. The molecule has 0 fully saturated rings. The minimum absolute atomic E-state index is 0. The Kier molecular flexibility index (Phi) is 11.8. The third-order valence-corrected chi connectivity index (χ3v) is 3.87. The normalized spacial score (nSPS) is 9.36. The molecule has 2 aromatic rings. The first-order chi connectivity index (χ1) is 11.2. The second kappa shape index (κ2) is 12.0.